The van der Waals surface area contributed by atoms with Gasteiger partial charge < -0.3 is 9.80 Å². The summed E-state index contributed by atoms with van der Waals surface area (Å²) in [5.41, 5.74) is -0.941. The fraction of sp³-hybridized carbons (Fsp3) is 0.381. The van der Waals surface area contributed by atoms with Gasteiger partial charge >= 0.3 is 12.2 Å². The van der Waals surface area contributed by atoms with Crippen molar-refractivity contribution in [3.63, 3.8) is 0 Å². The summed E-state index contributed by atoms with van der Waals surface area (Å²) in [5, 5.41) is -0.263. The molecular formula is C21H21ClF4N4O5S. The van der Waals surface area contributed by atoms with E-state index < -0.39 is 58.1 Å². The highest BCUT2D eigenvalue weighted by molar-refractivity contribution is 7.85. The highest BCUT2D eigenvalue weighted by Gasteiger charge is 2.45. The number of urea groups is 1. The first-order valence-corrected chi connectivity index (χ1v) is 12.5. The first-order chi connectivity index (χ1) is 16.6. The molecule has 3 rings (SSSR count). The lowest BCUT2D eigenvalue weighted by Crippen LogP contribution is -2.47. The van der Waals surface area contributed by atoms with Crippen LogP contribution in [0.25, 0.3) is 0 Å². The highest BCUT2D eigenvalue weighted by atomic mass is 35.5. The Morgan fingerprint density at radius 1 is 1.28 bits per heavy atom. The van der Waals surface area contributed by atoms with Crippen LogP contribution >= 0.6 is 11.6 Å². The lowest BCUT2D eigenvalue weighted by Gasteiger charge is -2.27. The molecule has 196 valence electrons. The van der Waals surface area contributed by atoms with Crippen molar-refractivity contribution in [3.8, 4) is 0 Å². The van der Waals surface area contributed by atoms with Gasteiger partial charge in [-0.05, 0) is 37.3 Å². The quantitative estimate of drug-likeness (QED) is 0.385. The lowest BCUT2D eigenvalue weighted by atomic mass is 10.1. The maximum absolute atomic E-state index is 13.6. The monoisotopic (exact) mass is 552 g/mol. The Hall–Kier alpha value is -2.97. The summed E-state index contributed by atoms with van der Waals surface area (Å²) >= 11 is 5.80. The van der Waals surface area contributed by atoms with Gasteiger partial charge in [-0.2, -0.15) is 21.6 Å². The van der Waals surface area contributed by atoms with Crippen LogP contribution in [0.2, 0.25) is 5.02 Å². The van der Waals surface area contributed by atoms with E-state index in [-0.39, 0.29) is 29.5 Å². The van der Waals surface area contributed by atoms with Crippen molar-refractivity contribution in [2.45, 2.75) is 19.1 Å². The van der Waals surface area contributed by atoms with Crippen molar-refractivity contribution in [2.75, 3.05) is 42.8 Å². The van der Waals surface area contributed by atoms with E-state index in [9.17, 15) is 35.6 Å². The van der Waals surface area contributed by atoms with E-state index in [2.05, 4.69) is 9.17 Å². The summed E-state index contributed by atoms with van der Waals surface area (Å²) in [6.07, 6.45) is -3.93. The topological polar surface area (TPSA) is 100 Å². The summed E-state index contributed by atoms with van der Waals surface area (Å²) in [6.45, 7) is 0.301. The van der Waals surface area contributed by atoms with Gasteiger partial charge in [0.25, 0.3) is 16.0 Å². The number of amides is 3. The van der Waals surface area contributed by atoms with Crippen molar-refractivity contribution < 1.29 is 39.8 Å². The number of aromatic nitrogens is 1. The third-order valence-electron chi connectivity index (χ3n) is 5.26. The molecule has 0 bridgehead atoms. The maximum atomic E-state index is 13.6. The second-order valence-corrected chi connectivity index (χ2v) is 10.0. The van der Waals surface area contributed by atoms with E-state index in [4.69, 9.17) is 11.6 Å². The van der Waals surface area contributed by atoms with Crippen LogP contribution in [0.3, 0.4) is 0 Å². The number of likely N-dealkylation sites (N-methyl/N-ethyl adjacent to an activating group) is 1. The van der Waals surface area contributed by atoms with Crippen LogP contribution in [0.5, 0.6) is 0 Å². The molecule has 0 aliphatic carbocycles. The van der Waals surface area contributed by atoms with Crippen LogP contribution < -0.4 is 9.80 Å². The average molecular weight is 553 g/mol. The van der Waals surface area contributed by atoms with E-state index in [1.807, 2.05) is 0 Å². The third kappa shape index (κ3) is 6.23. The van der Waals surface area contributed by atoms with Gasteiger partial charge in [-0.1, -0.05) is 11.6 Å². The number of benzene rings is 1. The van der Waals surface area contributed by atoms with Gasteiger partial charge in [0, 0.05) is 25.0 Å². The molecule has 0 N–H and O–H groups in total. The van der Waals surface area contributed by atoms with Gasteiger partial charge in [0.05, 0.1) is 30.0 Å². The molecule has 9 nitrogen and oxygen atoms in total. The number of carbonyl (C=O) groups is 2. The molecule has 1 aliphatic rings. The van der Waals surface area contributed by atoms with Crippen molar-refractivity contribution in [2.24, 2.45) is 0 Å². The summed E-state index contributed by atoms with van der Waals surface area (Å²) in [6, 6.07) is 2.71. The van der Waals surface area contributed by atoms with Gasteiger partial charge in [-0.25, -0.2) is 14.2 Å². The Kier molecular flexibility index (Phi) is 7.81. The zero-order valence-corrected chi connectivity index (χ0v) is 20.8. The Morgan fingerprint density at radius 3 is 2.53 bits per heavy atom. The van der Waals surface area contributed by atoms with Crippen LogP contribution in [-0.2, 0) is 25.3 Å². The molecule has 36 heavy (non-hydrogen) atoms. The average Bonchev–Trinajstić information content (AvgIpc) is 3.09. The number of halogens is 5. The molecule has 1 aromatic heterocycles. The largest absolute Gasteiger partial charge is 0.416 e. The summed E-state index contributed by atoms with van der Waals surface area (Å²) in [5.74, 6) is -1.86. The zero-order chi connectivity index (χ0) is 27.0. The molecule has 3 amide bonds. The number of alkyl halides is 3. The normalized spacial score (nSPS) is 16.6. The molecule has 1 saturated heterocycles. The van der Waals surface area contributed by atoms with Crippen molar-refractivity contribution in [1.29, 1.82) is 0 Å². The second kappa shape index (κ2) is 10.2. The minimum atomic E-state index is -4.74. The van der Waals surface area contributed by atoms with E-state index in [0.717, 1.165) is 33.1 Å². The zero-order valence-electron chi connectivity index (χ0n) is 19.2. The molecule has 15 heteroatoms. The molecular weight excluding hydrogens is 532 g/mol. The first kappa shape index (κ1) is 27.6. The Bertz CT molecular complexity index is 1290. The molecule has 1 aliphatic heterocycles. The van der Waals surface area contributed by atoms with Crippen molar-refractivity contribution >= 4 is 45.2 Å². The molecule has 1 aromatic carbocycles. The van der Waals surface area contributed by atoms with Crippen LogP contribution in [0.1, 0.15) is 11.3 Å². The number of rotatable bonds is 7. The standard InChI is InChI=1S/C21H21ClF4N4O5S/c1-12-8-13(21(24,25)26)9-18(27-12)30-17(11-29(20(30)32)6-7-35-36(3,33)34)19(31)28(2)14-4-5-16(23)15(22)10-14/h4-5,8-10,17H,6-7,11H2,1-3H3/t17-/m0/s1. The number of hydrogen-bond acceptors (Lipinski definition) is 6. The molecule has 2 aromatic rings. The maximum Gasteiger partial charge on any atom is 0.416 e. The molecule has 1 fully saturated rings. The van der Waals surface area contributed by atoms with Gasteiger partial charge in [0.2, 0.25) is 0 Å². The van der Waals surface area contributed by atoms with Gasteiger partial charge in [-0.15, -0.1) is 0 Å². The smallest absolute Gasteiger partial charge is 0.319 e. The van der Waals surface area contributed by atoms with E-state index in [0.29, 0.717) is 6.07 Å². The minimum absolute atomic E-state index is 0.0450. The number of hydrogen-bond donors (Lipinski definition) is 0. The summed E-state index contributed by atoms with van der Waals surface area (Å²) in [7, 11) is -2.49. The number of anilines is 2. The first-order valence-electron chi connectivity index (χ1n) is 10.3. The van der Waals surface area contributed by atoms with Crippen LogP contribution in [0, 0.1) is 12.7 Å². The van der Waals surface area contributed by atoms with Crippen LogP contribution in [0.4, 0.5) is 33.9 Å². The van der Waals surface area contributed by atoms with Crippen molar-refractivity contribution in [1.82, 2.24) is 9.88 Å². The summed E-state index contributed by atoms with van der Waals surface area (Å²) in [4.78, 5) is 33.6. The predicted molar refractivity (Wildman–Crippen MR) is 123 cm³/mol. The van der Waals surface area contributed by atoms with E-state index in [1.165, 1.54) is 26.1 Å². The summed E-state index contributed by atoms with van der Waals surface area (Å²) < 4.78 is 81.0. The molecule has 0 unspecified atom stereocenters. The Labute approximate surface area is 209 Å². The van der Waals surface area contributed by atoms with Gasteiger partial charge in [0.1, 0.15) is 17.7 Å². The molecule has 0 saturated carbocycles. The minimum Gasteiger partial charge on any atom is -0.319 e. The molecule has 1 atom stereocenters. The predicted octanol–water partition coefficient (Wildman–Crippen LogP) is 3.45. The van der Waals surface area contributed by atoms with Crippen LogP contribution in [-0.4, -0.2) is 69.3 Å². The fourth-order valence-electron chi connectivity index (χ4n) is 3.57. The van der Waals surface area contributed by atoms with Gasteiger partial charge in [-0.3, -0.25) is 13.9 Å². The number of pyridine rings is 1. The third-order valence-corrected chi connectivity index (χ3v) is 6.14. The molecule has 2 heterocycles. The van der Waals surface area contributed by atoms with E-state index >= 15 is 0 Å². The van der Waals surface area contributed by atoms with E-state index in [1.54, 1.807) is 0 Å². The Balaban J connectivity index is 2.00. The molecule has 0 spiro atoms. The SMILES string of the molecule is Cc1cc(C(F)(F)F)cc(N2C(=O)N(CCOS(C)(=O)=O)C[C@H]2C(=O)N(C)c2ccc(F)c(Cl)c2)n1. The van der Waals surface area contributed by atoms with Gasteiger partial charge in [0.15, 0.2) is 0 Å². The van der Waals surface area contributed by atoms with Crippen LogP contribution in [0.15, 0.2) is 30.3 Å². The Morgan fingerprint density at radius 2 is 1.94 bits per heavy atom. The molecule has 0 radical (unpaired) electrons. The second-order valence-electron chi connectivity index (χ2n) is 7.99. The highest BCUT2D eigenvalue weighted by Crippen LogP contribution is 2.34. The number of aryl methyl sites for hydroxylation is 1. The number of nitrogens with zero attached hydrogens (tertiary/aromatic N) is 4. The fourth-order valence-corrected chi connectivity index (χ4v) is 4.12. The number of carbonyl (C=O) groups excluding carboxylic acids is 2. The van der Waals surface area contributed by atoms with Crippen molar-refractivity contribution in [3.05, 3.63) is 52.4 Å². The lowest BCUT2D eigenvalue weighted by molar-refractivity contribution is -0.137.